The summed E-state index contributed by atoms with van der Waals surface area (Å²) in [6.45, 7) is 0. The number of rotatable bonds is 4. The van der Waals surface area contributed by atoms with Gasteiger partial charge in [-0.3, -0.25) is 20.2 Å². The van der Waals surface area contributed by atoms with E-state index in [0.717, 1.165) is 4.90 Å². The molecule has 0 saturated carbocycles. The monoisotopic (exact) mass is 291 g/mol. The van der Waals surface area contributed by atoms with E-state index < -0.39 is 9.85 Å². The lowest BCUT2D eigenvalue weighted by Gasteiger charge is -2.03. The molecule has 2 N–H and O–H groups in total. The molecule has 8 heteroatoms. The summed E-state index contributed by atoms with van der Waals surface area (Å²) in [7, 11) is 0. The average molecular weight is 291 g/mol. The Morgan fingerprint density at radius 1 is 0.850 bits per heavy atom. The molecule has 0 bridgehead atoms. The molecule has 0 aromatic heterocycles. The summed E-state index contributed by atoms with van der Waals surface area (Å²) in [4.78, 5) is 21.6. The van der Waals surface area contributed by atoms with Crippen molar-refractivity contribution in [2.24, 2.45) is 0 Å². The van der Waals surface area contributed by atoms with Gasteiger partial charge in [-0.2, -0.15) is 0 Å². The van der Waals surface area contributed by atoms with Crippen molar-refractivity contribution < 1.29 is 9.85 Å². The normalized spacial score (nSPS) is 10.2. The zero-order valence-corrected chi connectivity index (χ0v) is 10.9. The van der Waals surface area contributed by atoms with Gasteiger partial charge in [0.15, 0.2) is 0 Å². The Labute approximate surface area is 117 Å². The SMILES string of the molecule is Nc1cc(Sc2ccc([N+](=O)[O-])cc2)cc([N+](=O)[O-])c1. The molecule has 7 nitrogen and oxygen atoms in total. The number of nitrogens with zero attached hydrogens (tertiary/aromatic N) is 2. The Morgan fingerprint density at radius 2 is 1.45 bits per heavy atom. The van der Waals surface area contributed by atoms with Gasteiger partial charge >= 0.3 is 0 Å². The van der Waals surface area contributed by atoms with E-state index in [4.69, 9.17) is 5.73 Å². The van der Waals surface area contributed by atoms with E-state index >= 15 is 0 Å². The topological polar surface area (TPSA) is 112 Å². The molecule has 0 amide bonds. The van der Waals surface area contributed by atoms with E-state index in [0.29, 0.717) is 10.6 Å². The van der Waals surface area contributed by atoms with E-state index in [1.807, 2.05) is 0 Å². The lowest BCUT2D eigenvalue weighted by atomic mass is 10.3. The third-order valence-corrected chi connectivity index (χ3v) is 3.39. The van der Waals surface area contributed by atoms with Gasteiger partial charge in [-0.1, -0.05) is 11.8 Å². The minimum Gasteiger partial charge on any atom is -0.398 e. The third-order valence-electron chi connectivity index (χ3n) is 2.41. The number of hydrogen-bond donors (Lipinski definition) is 1. The highest BCUT2D eigenvalue weighted by Crippen LogP contribution is 2.32. The number of non-ortho nitro benzene ring substituents is 2. The number of hydrogen-bond acceptors (Lipinski definition) is 6. The number of nitrogen functional groups attached to an aromatic ring is 1. The summed E-state index contributed by atoms with van der Waals surface area (Å²) in [5, 5.41) is 21.3. The fourth-order valence-corrected chi connectivity index (χ4v) is 2.46. The zero-order valence-electron chi connectivity index (χ0n) is 10.1. The Balaban J connectivity index is 2.25. The van der Waals surface area contributed by atoms with Gasteiger partial charge in [-0.05, 0) is 18.2 Å². The zero-order chi connectivity index (χ0) is 14.7. The van der Waals surface area contributed by atoms with E-state index in [-0.39, 0.29) is 11.4 Å². The van der Waals surface area contributed by atoms with E-state index in [1.54, 1.807) is 18.2 Å². The van der Waals surface area contributed by atoms with Gasteiger partial charge in [0.1, 0.15) is 0 Å². The van der Waals surface area contributed by atoms with Gasteiger partial charge < -0.3 is 5.73 Å². The van der Waals surface area contributed by atoms with E-state index in [9.17, 15) is 20.2 Å². The van der Waals surface area contributed by atoms with Crippen molar-refractivity contribution in [2.75, 3.05) is 5.73 Å². The van der Waals surface area contributed by atoms with Gasteiger partial charge in [-0.25, -0.2) is 0 Å². The van der Waals surface area contributed by atoms with Gasteiger partial charge in [0.2, 0.25) is 0 Å². The minimum atomic E-state index is -0.518. The van der Waals surface area contributed by atoms with Crippen LogP contribution in [0.5, 0.6) is 0 Å². The van der Waals surface area contributed by atoms with Crippen molar-refractivity contribution in [3.05, 3.63) is 62.7 Å². The molecular formula is C12H9N3O4S. The lowest BCUT2D eigenvalue weighted by molar-refractivity contribution is -0.385. The molecule has 0 aliphatic carbocycles. The summed E-state index contributed by atoms with van der Waals surface area (Å²) in [6, 6.07) is 10.2. The number of nitro groups is 2. The Hall–Kier alpha value is -2.61. The van der Waals surface area contributed by atoms with Gasteiger partial charge in [0, 0.05) is 39.7 Å². The maximum atomic E-state index is 10.7. The first-order valence-electron chi connectivity index (χ1n) is 5.43. The molecule has 0 radical (unpaired) electrons. The van der Waals surface area contributed by atoms with Crippen molar-refractivity contribution >= 4 is 28.8 Å². The third kappa shape index (κ3) is 3.23. The lowest BCUT2D eigenvalue weighted by Crippen LogP contribution is -1.92. The largest absolute Gasteiger partial charge is 0.398 e. The van der Waals surface area contributed by atoms with E-state index in [1.165, 1.54) is 36.0 Å². The van der Waals surface area contributed by atoms with Crippen molar-refractivity contribution in [3.63, 3.8) is 0 Å². The van der Waals surface area contributed by atoms with Crippen molar-refractivity contribution in [1.29, 1.82) is 0 Å². The number of benzene rings is 2. The Kier molecular flexibility index (Phi) is 3.85. The predicted octanol–water partition coefficient (Wildman–Crippen LogP) is 3.24. The molecular weight excluding hydrogens is 282 g/mol. The molecule has 0 spiro atoms. The smallest absolute Gasteiger partial charge is 0.272 e. The fraction of sp³-hybridized carbons (Fsp3) is 0. The van der Waals surface area contributed by atoms with Crippen LogP contribution in [-0.2, 0) is 0 Å². The second-order valence-corrected chi connectivity index (χ2v) is 5.02. The number of nitro benzene ring substituents is 2. The van der Waals surface area contributed by atoms with Crippen LogP contribution in [0.15, 0.2) is 52.3 Å². The molecule has 2 rings (SSSR count). The second-order valence-electron chi connectivity index (χ2n) is 3.87. The van der Waals surface area contributed by atoms with Gasteiger partial charge in [0.25, 0.3) is 11.4 Å². The van der Waals surface area contributed by atoms with Crippen LogP contribution in [0.25, 0.3) is 0 Å². The van der Waals surface area contributed by atoms with E-state index in [2.05, 4.69) is 0 Å². The highest BCUT2D eigenvalue weighted by Gasteiger charge is 2.10. The highest BCUT2D eigenvalue weighted by molar-refractivity contribution is 7.99. The van der Waals surface area contributed by atoms with Crippen LogP contribution < -0.4 is 5.73 Å². The summed E-state index contributed by atoms with van der Waals surface area (Å²) in [5.41, 5.74) is 5.81. The molecule has 2 aromatic rings. The number of anilines is 1. The summed E-state index contributed by atoms with van der Waals surface area (Å²) in [5.74, 6) is 0. The fourth-order valence-electron chi connectivity index (χ4n) is 1.54. The van der Waals surface area contributed by atoms with Crippen LogP contribution in [0.2, 0.25) is 0 Å². The Morgan fingerprint density at radius 3 is 2.00 bits per heavy atom. The first-order chi connectivity index (χ1) is 9.45. The van der Waals surface area contributed by atoms with Gasteiger partial charge in [0.05, 0.1) is 9.85 Å². The summed E-state index contributed by atoms with van der Waals surface area (Å²) in [6.07, 6.45) is 0. The second kappa shape index (κ2) is 5.57. The maximum Gasteiger partial charge on any atom is 0.272 e. The molecule has 0 aliphatic rings. The molecule has 20 heavy (non-hydrogen) atoms. The molecule has 0 atom stereocenters. The van der Waals surface area contributed by atoms with Crippen LogP contribution in [-0.4, -0.2) is 9.85 Å². The number of nitrogens with two attached hydrogens (primary N) is 1. The molecule has 102 valence electrons. The predicted molar refractivity (Wildman–Crippen MR) is 74.7 cm³/mol. The quantitative estimate of drug-likeness (QED) is 0.525. The molecule has 0 aliphatic heterocycles. The summed E-state index contributed by atoms with van der Waals surface area (Å²) < 4.78 is 0. The van der Waals surface area contributed by atoms with Crippen molar-refractivity contribution in [2.45, 2.75) is 9.79 Å². The molecule has 2 aromatic carbocycles. The maximum absolute atomic E-state index is 10.7. The Bertz CT molecular complexity index is 673. The average Bonchev–Trinajstić information content (AvgIpc) is 2.38. The van der Waals surface area contributed by atoms with Crippen LogP contribution in [0, 0.1) is 20.2 Å². The van der Waals surface area contributed by atoms with Crippen LogP contribution in [0.1, 0.15) is 0 Å². The summed E-state index contributed by atoms with van der Waals surface area (Å²) >= 11 is 1.25. The molecule has 0 unspecified atom stereocenters. The van der Waals surface area contributed by atoms with Gasteiger partial charge in [-0.15, -0.1) is 0 Å². The van der Waals surface area contributed by atoms with Crippen molar-refractivity contribution in [1.82, 2.24) is 0 Å². The molecule has 0 fully saturated rings. The minimum absolute atomic E-state index is 0.00657. The molecule has 0 saturated heterocycles. The van der Waals surface area contributed by atoms with Crippen LogP contribution in [0.4, 0.5) is 17.1 Å². The van der Waals surface area contributed by atoms with Crippen LogP contribution >= 0.6 is 11.8 Å². The van der Waals surface area contributed by atoms with Crippen LogP contribution in [0.3, 0.4) is 0 Å². The van der Waals surface area contributed by atoms with Crippen molar-refractivity contribution in [3.8, 4) is 0 Å². The first-order valence-corrected chi connectivity index (χ1v) is 6.24. The highest BCUT2D eigenvalue weighted by atomic mass is 32.2. The molecule has 0 heterocycles. The standard InChI is InChI=1S/C12H9N3O4S/c13-8-5-10(15(18)19)7-12(6-8)20-11-3-1-9(2-4-11)14(16)17/h1-7H,13H2. The first kappa shape index (κ1) is 13.8.